The minimum absolute atomic E-state index is 0.201. The predicted octanol–water partition coefficient (Wildman–Crippen LogP) is -0.689. The number of carbonyl (C=O) groups excluding carboxylic acids is 1. The molecule has 102 valence electrons. The standard InChI is InChI=1S/C12H21N3O3/c16-11(15-3-1-4-15)10-14-8-6-13(7-9-14)5-2-12(17)18/h1-10H2,(H,17,18). The molecule has 2 aliphatic rings. The van der Waals surface area contributed by atoms with Crippen molar-refractivity contribution in [3.63, 3.8) is 0 Å². The van der Waals surface area contributed by atoms with Crippen molar-refractivity contribution in [2.45, 2.75) is 12.8 Å². The molecule has 0 saturated carbocycles. The molecule has 1 N–H and O–H groups in total. The number of carboxylic acid groups (broad SMARTS) is 1. The molecular formula is C12H21N3O3. The van der Waals surface area contributed by atoms with Gasteiger partial charge in [0.2, 0.25) is 5.91 Å². The van der Waals surface area contributed by atoms with Gasteiger partial charge in [-0.2, -0.15) is 0 Å². The average Bonchev–Trinajstić information content (AvgIpc) is 2.25. The molecule has 0 radical (unpaired) electrons. The lowest BCUT2D eigenvalue weighted by Gasteiger charge is -2.37. The molecule has 0 aromatic rings. The minimum atomic E-state index is -0.745. The SMILES string of the molecule is O=C(O)CCN1CCN(CC(=O)N2CCC2)CC1. The van der Waals surface area contributed by atoms with Crippen LogP contribution in [0.25, 0.3) is 0 Å². The van der Waals surface area contributed by atoms with E-state index in [4.69, 9.17) is 5.11 Å². The molecule has 6 heteroatoms. The summed E-state index contributed by atoms with van der Waals surface area (Å²) in [5, 5.41) is 8.62. The summed E-state index contributed by atoms with van der Waals surface area (Å²) >= 11 is 0. The molecule has 2 rings (SSSR count). The van der Waals surface area contributed by atoms with Gasteiger partial charge in [0, 0.05) is 45.8 Å². The van der Waals surface area contributed by atoms with E-state index in [1.54, 1.807) is 0 Å². The van der Waals surface area contributed by atoms with Crippen LogP contribution < -0.4 is 0 Å². The van der Waals surface area contributed by atoms with Gasteiger partial charge in [-0.1, -0.05) is 0 Å². The Labute approximate surface area is 107 Å². The van der Waals surface area contributed by atoms with Crippen LogP contribution in [-0.2, 0) is 9.59 Å². The van der Waals surface area contributed by atoms with Gasteiger partial charge < -0.3 is 14.9 Å². The maximum absolute atomic E-state index is 11.8. The first-order chi connectivity index (χ1) is 8.65. The van der Waals surface area contributed by atoms with Crippen LogP contribution in [0.1, 0.15) is 12.8 Å². The van der Waals surface area contributed by atoms with Gasteiger partial charge in [0.25, 0.3) is 0 Å². The van der Waals surface area contributed by atoms with E-state index in [1.807, 2.05) is 4.90 Å². The van der Waals surface area contributed by atoms with E-state index >= 15 is 0 Å². The Morgan fingerprint density at radius 2 is 1.56 bits per heavy atom. The molecule has 0 aromatic carbocycles. The van der Waals surface area contributed by atoms with Crippen molar-refractivity contribution in [3.05, 3.63) is 0 Å². The number of amides is 1. The number of hydrogen-bond donors (Lipinski definition) is 1. The third-order valence-electron chi connectivity index (χ3n) is 3.67. The van der Waals surface area contributed by atoms with Gasteiger partial charge in [0.15, 0.2) is 0 Å². The molecule has 2 aliphatic heterocycles. The number of likely N-dealkylation sites (tertiary alicyclic amines) is 1. The van der Waals surface area contributed by atoms with Crippen LogP contribution in [0.2, 0.25) is 0 Å². The normalized spacial score (nSPS) is 21.7. The Bertz CT molecular complexity index is 310. The summed E-state index contributed by atoms with van der Waals surface area (Å²) in [5.74, 6) is -0.509. The van der Waals surface area contributed by atoms with E-state index in [1.165, 1.54) is 0 Å². The Morgan fingerprint density at radius 3 is 2.06 bits per heavy atom. The monoisotopic (exact) mass is 255 g/mol. The van der Waals surface area contributed by atoms with E-state index in [0.29, 0.717) is 13.1 Å². The van der Waals surface area contributed by atoms with E-state index in [2.05, 4.69) is 9.80 Å². The summed E-state index contributed by atoms with van der Waals surface area (Å²) < 4.78 is 0. The Balaban J connectivity index is 1.63. The molecule has 0 bridgehead atoms. The fourth-order valence-corrected chi connectivity index (χ4v) is 2.28. The second-order valence-corrected chi connectivity index (χ2v) is 5.00. The van der Waals surface area contributed by atoms with Gasteiger partial charge >= 0.3 is 5.97 Å². The number of carbonyl (C=O) groups is 2. The molecule has 2 heterocycles. The second kappa shape index (κ2) is 6.15. The first kappa shape index (κ1) is 13.3. The van der Waals surface area contributed by atoms with Crippen LogP contribution in [0.4, 0.5) is 0 Å². The third-order valence-corrected chi connectivity index (χ3v) is 3.67. The lowest BCUT2D eigenvalue weighted by atomic mass is 10.2. The van der Waals surface area contributed by atoms with Gasteiger partial charge in [0.1, 0.15) is 0 Å². The highest BCUT2D eigenvalue weighted by Crippen LogP contribution is 2.08. The fourth-order valence-electron chi connectivity index (χ4n) is 2.28. The summed E-state index contributed by atoms with van der Waals surface area (Å²) in [6.07, 6.45) is 1.33. The first-order valence-electron chi connectivity index (χ1n) is 6.59. The second-order valence-electron chi connectivity index (χ2n) is 5.00. The van der Waals surface area contributed by atoms with Crippen molar-refractivity contribution in [2.24, 2.45) is 0 Å². The Morgan fingerprint density at radius 1 is 0.944 bits per heavy atom. The highest BCUT2D eigenvalue weighted by atomic mass is 16.4. The number of nitrogens with zero attached hydrogens (tertiary/aromatic N) is 3. The Hall–Kier alpha value is -1.14. The maximum atomic E-state index is 11.8. The molecule has 0 atom stereocenters. The molecule has 0 unspecified atom stereocenters. The van der Waals surface area contributed by atoms with Gasteiger partial charge in [-0.3, -0.25) is 14.5 Å². The molecule has 2 fully saturated rings. The van der Waals surface area contributed by atoms with E-state index in [0.717, 1.165) is 45.7 Å². The molecule has 1 amide bonds. The molecule has 2 saturated heterocycles. The topological polar surface area (TPSA) is 64.1 Å². The van der Waals surface area contributed by atoms with Gasteiger partial charge in [-0.05, 0) is 6.42 Å². The fraction of sp³-hybridized carbons (Fsp3) is 0.833. The quantitative estimate of drug-likeness (QED) is 0.704. The zero-order valence-electron chi connectivity index (χ0n) is 10.7. The molecular weight excluding hydrogens is 234 g/mol. The van der Waals surface area contributed by atoms with E-state index in [9.17, 15) is 9.59 Å². The summed E-state index contributed by atoms with van der Waals surface area (Å²) in [7, 11) is 0. The minimum Gasteiger partial charge on any atom is -0.481 e. The number of hydrogen-bond acceptors (Lipinski definition) is 4. The zero-order chi connectivity index (χ0) is 13.0. The number of rotatable bonds is 5. The van der Waals surface area contributed by atoms with Crippen molar-refractivity contribution < 1.29 is 14.7 Å². The predicted molar refractivity (Wildman–Crippen MR) is 66.3 cm³/mol. The van der Waals surface area contributed by atoms with Crippen molar-refractivity contribution in [1.29, 1.82) is 0 Å². The van der Waals surface area contributed by atoms with Crippen molar-refractivity contribution in [3.8, 4) is 0 Å². The average molecular weight is 255 g/mol. The summed E-state index contributed by atoms with van der Waals surface area (Å²) in [6.45, 7) is 6.41. The summed E-state index contributed by atoms with van der Waals surface area (Å²) in [5.41, 5.74) is 0. The number of carboxylic acids is 1. The highest BCUT2D eigenvalue weighted by molar-refractivity contribution is 5.78. The molecule has 0 aliphatic carbocycles. The summed E-state index contributed by atoms with van der Waals surface area (Å²) in [6, 6.07) is 0. The zero-order valence-corrected chi connectivity index (χ0v) is 10.7. The molecule has 18 heavy (non-hydrogen) atoms. The lowest BCUT2D eigenvalue weighted by Crippen LogP contribution is -2.52. The summed E-state index contributed by atoms with van der Waals surface area (Å²) in [4.78, 5) is 28.5. The van der Waals surface area contributed by atoms with E-state index in [-0.39, 0.29) is 12.3 Å². The van der Waals surface area contributed by atoms with Crippen molar-refractivity contribution in [2.75, 3.05) is 52.4 Å². The largest absolute Gasteiger partial charge is 0.481 e. The van der Waals surface area contributed by atoms with Crippen LogP contribution in [0, 0.1) is 0 Å². The van der Waals surface area contributed by atoms with Gasteiger partial charge in [-0.25, -0.2) is 0 Å². The van der Waals surface area contributed by atoms with E-state index < -0.39 is 5.97 Å². The number of piperazine rings is 1. The number of aliphatic carboxylic acids is 1. The lowest BCUT2D eigenvalue weighted by molar-refractivity contribution is -0.137. The van der Waals surface area contributed by atoms with Crippen LogP contribution in [0.5, 0.6) is 0 Å². The van der Waals surface area contributed by atoms with Crippen LogP contribution in [0.15, 0.2) is 0 Å². The molecule has 6 nitrogen and oxygen atoms in total. The van der Waals surface area contributed by atoms with Gasteiger partial charge in [0.05, 0.1) is 13.0 Å². The highest BCUT2D eigenvalue weighted by Gasteiger charge is 2.24. The van der Waals surface area contributed by atoms with Crippen LogP contribution in [0.3, 0.4) is 0 Å². The van der Waals surface area contributed by atoms with Crippen molar-refractivity contribution >= 4 is 11.9 Å². The van der Waals surface area contributed by atoms with Crippen molar-refractivity contribution in [1.82, 2.24) is 14.7 Å². The Kier molecular flexibility index (Phi) is 4.54. The maximum Gasteiger partial charge on any atom is 0.304 e. The third kappa shape index (κ3) is 3.68. The molecule has 0 spiro atoms. The first-order valence-corrected chi connectivity index (χ1v) is 6.59. The molecule has 0 aromatic heterocycles. The van der Waals surface area contributed by atoms with Gasteiger partial charge in [-0.15, -0.1) is 0 Å². The smallest absolute Gasteiger partial charge is 0.304 e. The van der Waals surface area contributed by atoms with Crippen LogP contribution in [-0.4, -0.2) is 84.0 Å². The van der Waals surface area contributed by atoms with Crippen LogP contribution >= 0.6 is 0 Å².